The van der Waals surface area contributed by atoms with Gasteiger partial charge in [0, 0.05) is 18.4 Å². The molecule has 1 amide bonds. The fraction of sp³-hybridized carbons (Fsp3) is 0.538. The maximum absolute atomic E-state index is 12.2. The lowest BCUT2D eigenvalue weighted by molar-refractivity contribution is -0.126. The van der Waals surface area contributed by atoms with Gasteiger partial charge in [0.2, 0.25) is 5.91 Å². The second kappa shape index (κ2) is 5.93. The highest BCUT2D eigenvalue weighted by Gasteiger charge is 2.33. The number of carbonyl (C=O) groups is 1. The van der Waals surface area contributed by atoms with Gasteiger partial charge in [0.25, 0.3) is 0 Å². The highest BCUT2D eigenvalue weighted by Crippen LogP contribution is 2.16. The number of pyridine rings is 1. The maximum atomic E-state index is 12.2. The van der Waals surface area contributed by atoms with Gasteiger partial charge in [0.05, 0.1) is 25.2 Å². The summed E-state index contributed by atoms with van der Waals surface area (Å²) in [6, 6.07) is 3.91. The molecule has 0 radical (unpaired) electrons. The molecule has 0 saturated carbocycles. The van der Waals surface area contributed by atoms with Crippen LogP contribution in [0.4, 0.5) is 0 Å². The normalized spacial score (nSPS) is 24.8. The van der Waals surface area contributed by atoms with Crippen molar-refractivity contribution in [2.24, 2.45) is 5.92 Å². The Morgan fingerprint density at radius 1 is 1.44 bits per heavy atom. The van der Waals surface area contributed by atoms with E-state index in [0.717, 1.165) is 5.56 Å². The van der Waals surface area contributed by atoms with E-state index in [0.29, 0.717) is 13.2 Å². The van der Waals surface area contributed by atoms with Crippen LogP contribution < -0.4 is 10.6 Å². The summed E-state index contributed by atoms with van der Waals surface area (Å²) in [5, 5.41) is 6.13. The summed E-state index contributed by atoms with van der Waals surface area (Å²) in [6.07, 6.45) is 3.46. The lowest BCUT2D eigenvalue weighted by Gasteiger charge is -2.20. The number of ether oxygens (including phenoxy) is 1. The Morgan fingerprint density at radius 2 is 2.17 bits per heavy atom. The third-order valence-electron chi connectivity index (χ3n) is 3.35. The van der Waals surface area contributed by atoms with E-state index in [1.165, 1.54) is 0 Å². The van der Waals surface area contributed by atoms with Gasteiger partial charge in [0.15, 0.2) is 0 Å². The predicted molar refractivity (Wildman–Crippen MR) is 68.0 cm³/mol. The van der Waals surface area contributed by atoms with Crippen molar-refractivity contribution >= 4 is 5.91 Å². The van der Waals surface area contributed by atoms with Crippen LogP contribution in [0, 0.1) is 5.92 Å². The van der Waals surface area contributed by atoms with Crippen LogP contribution >= 0.6 is 0 Å². The molecule has 5 nitrogen and oxygen atoms in total. The monoisotopic (exact) mass is 249 g/mol. The molecule has 2 unspecified atom stereocenters. The average Bonchev–Trinajstić information content (AvgIpc) is 2.88. The van der Waals surface area contributed by atoms with Crippen LogP contribution in [0.5, 0.6) is 0 Å². The number of hydrogen-bond donors (Lipinski definition) is 2. The lowest BCUT2D eigenvalue weighted by Crippen LogP contribution is -2.43. The zero-order valence-corrected chi connectivity index (χ0v) is 10.7. The molecule has 18 heavy (non-hydrogen) atoms. The molecule has 0 aromatic carbocycles. The molecule has 0 bridgehead atoms. The van der Waals surface area contributed by atoms with E-state index < -0.39 is 0 Å². The van der Waals surface area contributed by atoms with Crippen LogP contribution in [0.25, 0.3) is 0 Å². The van der Waals surface area contributed by atoms with Crippen molar-refractivity contribution in [2.45, 2.75) is 19.0 Å². The first kappa shape index (κ1) is 13.0. The number of likely N-dealkylation sites (N-methyl/N-ethyl adjacent to an activating group) is 1. The van der Waals surface area contributed by atoms with Gasteiger partial charge in [-0.05, 0) is 31.7 Å². The molecular formula is C13H19N3O2. The number of carbonyl (C=O) groups excluding carboxylic acids is 1. The zero-order chi connectivity index (χ0) is 13.0. The Labute approximate surface area is 107 Å². The quantitative estimate of drug-likeness (QED) is 0.815. The summed E-state index contributed by atoms with van der Waals surface area (Å²) < 4.78 is 5.34. The van der Waals surface area contributed by atoms with Crippen molar-refractivity contribution in [2.75, 3.05) is 20.3 Å². The first-order valence-corrected chi connectivity index (χ1v) is 6.17. The van der Waals surface area contributed by atoms with Crippen molar-refractivity contribution in [3.8, 4) is 0 Å². The molecule has 1 saturated heterocycles. The van der Waals surface area contributed by atoms with Crippen LogP contribution in [-0.2, 0) is 9.53 Å². The Hall–Kier alpha value is -1.46. The molecular weight excluding hydrogens is 230 g/mol. The van der Waals surface area contributed by atoms with Gasteiger partial charge >= 0.3 is 0 Å². The summed E-state index contributed by atoms with van der Waals surface area (Å²) in [5.74, 6) is -0.0737. The third-order valence-corrected chi connectivity index (χ3v) is 3.35. The van der Waals surface area contributed by atoms with E-state index in [4.69, 9.17) is 4.74 Å². The topological polar surface area (TPSA) is 63.2 Å². The predicted octanol–water partition coefficient (Wildman–Crippen LogP) is 0.493. The zero-order valence-electron chi connectivity index (χ0n) is 10.7. The van der Waals surface area contributed by atoms with Crippen molar-refractivity contribution in [3.05, 3.63) is 30.1 Å². The van der Waals surface area contributed by atoms with E-state index in [2.05, 4.69) is 15.6 Å². The van der Waals surface area contributed by atoms with Crippen molar-refractivity contribution in [3.63, 3.8) is 0 Å². The molecule has 1 aromatic heterocycles. The van der Waals surface area contributed by atoms with Gasteiger partial charge in [-0.2, -0.15) is 0 Å². The van der Waals surface area contributed by atoms with Crippen LogP contribution in [-0.4, -0.2) is 37.2 Å². The first-order valence-electron chi connectivity index (χ1n) is 6.17. The Bertz CT molecular complexity index is 396. The molecule has 1 fully saturated rings. The number of aromatic nitrogens is 1. The molecule has 2 N–H and O–H groups in total. The number of nitrogens with one attached hydrogen (secondary N) is 2. The first-order chi connectivity index (χ1) is 8.72. The molecule has 1 aromatic rings. The highest BCUT2D eigenvalue weighted by molar-refractivity contribution is 5.80. The molecule has 1 aliphatic heterocycles. The van der Waals surface area contributed by atoms with Gasteiger partial charge in [-0.15, -0.1) is 0 Å². The van der Waals surface area contributed by atoms with Crippen LogP contribution in [0.2, 0.25) is 0 Å². The van der Waals surface area contributed by atoms with Gasteiger partial charge in [-0.3, -0.25) is 9.78 Å². The summed E-state index contributed by atoms with van der Waals surface area (Å²) in [6.45, 7) is 3.05. The molecule has 2 heterocycles. The molecule has 2 rings (SSSR count). The number of nitrogens with zero attached hydrogens (tertiary/aromatic N) is 1. The van der Waals surface area contributed by atoms with E-state index >= 15 is 0 Å². The number of rotatable bonds is 4. The van der Waals surface area contributed by atoms with Gasteiger partial charge in [0.1, 0.15) is 0 Å². The summed E-state index contributed by atoms with van der Waals surface area (Å²) in [4.78, 5) is 16.1. The molecule has 1 aliphatic rings. The fourth-order valence-electron chi connectivity index (χ4n) is 2.15. The molecule has 0 spiro atoms. The summed E-state index contributed by atoms with van der Waals surface area (Å²) >= 11 is 0. The Kier molecular flexibility index (Phi) is 4.28. The summed E-state index contributed by atoms with van der Waals surface area (Å²) in [7, 11) is 1.85. The van der Waals surface area contributed by atoms with Crippen LogP contribution in [0.1, 0.15) is 18.5 Å². The minimum atomic E-state index is -0.112. The summed E-state index contributed by atoms with van der Waals surface area (Å²) in [5.41, 5.74) is 1.05. The number of amides is 1. The second-order valence-corrected chi connectivity index (χ2v) is 4.55. The van der Waals surface area contributed by atoms with E-state index in [1.54, 1.807) is 12.4 Å². The highest BCUT2D eigenvalue weighted by atomic mass is 16.5. The van der Waals surface area contributed by atoms with E-state index in [9.17, 15) is 4.79 Å². The van der Waals surface area contributed by atoms with E-state index in [1.807, 2.05) is 26.1 Å². The molecule has 5 heteroatoms. The smallest absolute Gasteiger partial charge is 0.227 e. The number of hydrogen-bond acceptors (Lipinski definition) is 4. The largest absolute Gasteiger partial charge is 0.379 e. The standard InChI is InChI=1S/C13H19N3O2/c1-9(10-3-5-15-6-4-10)16-13(17)11-7-18-8-12(11)14-2/h3-6,9,11-12,14H,7-8H2,1-2H3,(H,16,17)/t9-,11?,12?/m0/s1. The SMILES string of the molecule is CNC1COCC1C(=O)N[C@@H](C)c1ccncc1. The van der Waals surface area contributed by atoms with Crippen LogP contribution in [0.15, 0.2) is 24.5 Å². The fourth-order valence-corrected chi connectivity index (χ4v) is 2.15. The van der Waals surface area contributed by atoms with Crippen molar-refractivity contribution in [1.29, 1.82) is 0 Å². The average molecular weight is 249 g/mol. The van der Waals surface area contributed by atoms with Crippen molar-refractivity contribution < 1.29 is 9.53 Å². The molecule has 3 atom stereocenters. The van der Waals surface area contributed by atoms with E-state index in [-0.39, 0.29) is 23.9 Å². The van der Waals surface area contributed by atoms with Crippen molar-refractivity contribution in [1.82, 2.24) is 15.6 Å². The minimum Gasteiger partial charge on any atom is -0.379 e. The Balaban J connectivity index is 1.95. The third kappa shape index (κ3) is 2.86. The van der Waals surface area contributed by atoms with Gasteiger partial charge < -0.3 is 15.4 Å². The van der Waals surface area contributed by atoms with Crippen LogP contribution in [0.3, 0.4) is 0 Å². The van der Waals surface area contributed by atoms with Gasteiger partial charge in [-0.25, -0.2) is 0 Å². The van der Waals surface area contributed by atoms with Gasteiger partial charge in [-0.1, -0.05) is 0 Å². The Morgan fingerprint density at radius 3 is 2.83 bits per heavy atom. The maximum Gasteiger partial charge on any atom is 0.227 e. The second-order valence-electron chi connectivity index (χ2n) is 4.55. The lowest BCUT2D eigenvalue weighted by atomic mass is 10.0. The molecule has 98 valence electrons. The molecule has 0 aliphatic carbocycles. The minimum absolute atomic E-state index is 0.0152.